The van der Waals surface area contributed by atoms with Gasteiger partial charge in [0.1, 0.15) is 11.6 Å². The van der Waals surface area contributed by atoms with Crippen molar-refractivity contribution in [2.45, 2.75) is 20.8 Å². The number of nitrogens with one attached hydrogen (secondary N) is 1. The van der Waals surface area contributed by atoms with Gasteiger partial charge >= 0.3 is 0 Å². The second kappa shape index (κ2) is 6.12. The molecule has 5 heteroatoms. The van der Waals surface area contributed by atoms with Crippen molar-refractivity contribution in [3.63, 3.8) is 0 Å². The fourth-order valence-corrected chi connectivity index (χ4v) is 2.39. The summed E-state index contributed by atoms with van der Waals surface area (Å²) in [6.07, 6.45) is 7.75. The molecule has 0 radical (unpaired) electrons. The molecule has 0 bridgehead atoms. The highest BCUT2D eigenvalue weighted by Gasteiger charge is 2.06. The Morgan fingerprint density at radius 3 is 2.61 bits per heavy atom. The van der Waals surface area contributed by atoms with Gasteiger partial charge in [-0.3, -0.25) is 0 Å². The number of imidazole rings is 2. The van der Waals surface area contributed by atoms with Crippen molar-refractivity contribution in [1.29, 1.82) is 0 Å². The van der Waals surface area contributed by atoms with Crippen LogP contribution in [0.4, 0.5) is 0 Å². The molecule has 5 nitrogen and oxygen atoms in total. The Kier molecular flexibility index (Phi) is 4.02. The lowest BCUT2D eigenvalue weighted by molar-refractivity contribution is 0.413. The summed E-state index contributed by atoms with van der Waals surface area (Å²) in [7, 11) is 1.68. The smallest absolute Gasteiger partial charge is 0.143 e. The summed E-state index contributed by atoms with van der Waals surface area (Å²) in [5.41, 5.74) is 5.10. The average molecular weight is 308 g/mol. The first-order valence-electron chi connectivity index (χ1n) is 7.47. The van der Waals surface area contributed by atoms with E-state index in [9.17, 15) is 0 Å². The SMILES string of the molecule is COc1cc(/C=C/c2nc(C)c(C)[nH]2)ccc1-n1cnc(C)c1. The van der Waals surface area contributed by atoms with Crippen molar-refractivity contribution in [3.05, 3.63) is 59.2 Å². The molecule has 0 aliphatic carbocycles. The van der Waals surface area contributed by atoms with Crippen LogP contribution in [0.15, 0.2) is 30.7 Å². The van der Waals surface area contributed by atoms with Crippen LogP contribution in [0.25, 0.3) is 17.8 Å². The van der Waals surface area contributed by atoms with Crippen LogP contribution >= 0.6 is 0 Å². The van der Waals surface area contributed by atoms with Crippen molar-refractivity contribution in [2.24, 2.45) is 0 Å². The molecular weight excluding hydrogens is 288 g/mol. The summed E-state index contributed by atoms with van der Waals surface area (Å²) < 4.78 is 7.48. The maximum atomic E-state index is 5.52. The number of benzene rings is 1. The maximum Gasteiger partial charge on any atom is 0.143 e. The molecule has 23 heavy (non-hydrogen) atoms. The Bertz CT molecular complexity index is 838. The minimum Gasteiger partial charge on any atom is -0.495 e. The Morgan fingerprint density at radius 2 is 2.00 bits per heavy atom. The molecule has 0 spiro atoms. The zero-order valence-corrected chi connectivity index (χ0v) is 13.8. The number of H-pyrrole nitrogens is 1. The van der Waals surface area contributed by atoms with E-state index in [1.54, 1.807) is 13.4 Å². The Balaban J connectivity index is 1.89. The predicted octanol–water partition coefficient (Wildman–Crippen LogP) is 3.70. The fraction of sp³-hybridized carbons (Fsp3) is 0.222. The van der Waals surface area contributed by atoms with Crippen LogP contribution in [0.5, 0.6) is 5.75 Å². The van der Waals surface area contributed by atoms with Gasteiger partial charge in [0.25, 0.3) is 0 Å². The third kappa shape index (κ3) is 3.18. The Morgan fingerprint density at radius 1 is 1.17 bits per heavy atom. The molecule has 0 atom stereocenters. The van der Waals surface area contributed by atoms with E-state index in [1.807, 2.05) is 61.9 Å². The number of hydrogen-bond donors (Lipinski definition) is 1. The van der Waals surface area contributed by atoms with E-state index in [2.05, 4.69) is 15.0 Å². The van der Waals surface area contributed by atoms with Gasteiger partial charge in [-0.05, 0) is 44.5 Å². The summed E-state index contributed by atoms with van der Waals surface area (Å²) in [4.78, 5) is 11.9. The van der Waals surface area contributed by atoms with E-state index in [0.29, 0.717) is 0 Å². The number of nitrogens with zero attached hydrogens (tertiary/aromatic N) is 3. The van der Waals surface area contributed by atoms with E-state index in [1.165, 1.54) is 0 Å². The number of rotatable bonds is 4. The standard InChI is InChI=1S/C18H20N4O/c1-12-10-22(11-19-12)16-7-5-15(9-17(16)23-4)6-8-18-20-13(2)14(3)21-18/h5-11H,1-4H3,(H,20,21)/b8-6+. The molecule has 0 aliphatic rings. The molecule has 118 valence electrons. The van der Waals surface area contributed by atoms with Gasteiger partial charge in [0.2, 0.25) is 0 Å². The fourth-order valence-electron chi connectivity index (χ4n) is 2.39. The topological polar surface area (TPSA) is 55.7 Å². The first-order chi connectivity index (χ1) is 11.1. The third-order valence-electron chi connectivity index (χ3n) is 3.77. The molecule has 2 aromatic heterocycles. The molecule has 0 fully saturated rings. The van der Waals surface area contributed by atoms with Gasteiger partial charge in [-0.15, -0.1) is 0 Å². The number of methoxy groups -OCH3 is 1. The maximum absolute atomic E-state index is 5.52. The zero-order valence-electron chi connectivity index (χ0n) is 13.8. The summed E-state index contributed by atoms with van der Waals surface area (Å²) >= 11 is 0. The third-order valence-corrected chi connectivity index (χ3v) is 3.77. The van der Waals surface area contributed by atoms with Gasteiger partial charge in [0.05, 0.1) is 30.5 Å². The van der Waals surface area contributed by atoms with E-state index in [0.717, 1.165) is 39.9 Å². The molecular formula is C18H20N4O. The van der Waals surface area contributed by atoms with Gasteiger partial charge in [0.15, 0.2) is 0 Å². The van der Waals surface area contributed by atoms with Crippen molar-refractivity contribution in [3.8, 4) is 11.4 Å². The van der Waals surface area contributed by atoms with E-state index in [4.69, 9.17) is 4.74 Å². The molecule has 0 aliphatic heterocycles. The molecule has 1 aromatic carbocycles. The normalized spacial score (nSPS) is 11.3. The van der Waals surface area contributed by atoms with Gasteiger partial charge in [-0.25, -0.2) is 9.97 Å². The first kappa shape index (κ1) is 15.1. The van der Waals surface area contributed by atoms with Crippen molar-refractivity contribution in [1.82, 2.24) is 19.5 Å². The van der Waals surface area contributed by atoms with Crippen LogP contribution in [0, 0.1) is 20.8 Å². The lowest BCUT2D eigenvalue weighted by atomic mass is 10.1. The first-order valence-corrected chi connectivity index (χ1v) is 7.47. The molecule has 0 amide bonds. The summed E-state index contributed by atoms with van der Waals surface area (Å²) in [6.45, 7) is 5.98. The summed E-state index contributed by atoms with van der Waals surface area (Å²) in [5.74, 6) is 1.66. The second-order valence-corrected chi connectivity index (χ2v) is 5.52. The second-order valence-electron chi connectivity index (χ2n) is 5.52. The van der Waals surface area contributed by atoms with Crippen molar-refractivity contribution in [2.75, 3.05) is 7.11 Å². The van der Waals surface area contributed by atoms with E-state index >= 15 is 0 Å². The molecule has 3 rings (SSSR count). The minimum atomic E-state index is 0.802. The van der Waals surface area contributed by atoms with Crippen LogP contribution in [-0.2, 0) is 0 Å². The van der Waals surface area contributed by atoms with Gasteiger partial charge in [-0.2, -0.15) is 0 Å². The molecule has 3 aromatic rings. The molecule has 2 heterocycles. The highest BCUT2D eigenvalue weighted by molar-refractivity contribution is 5.69. The van der Waals surface area contributed by atoms with Crippen molar-refractivity contribution < 1.29 is 4.74 Å². The monoisotopic (exact) mass is 308 g/mol. The Hall–Kier alpha value is -2.82. The van der Waals surface area contributed by atoms with Crippen LogP contribution in [0.1, 0.15) is 28.5 Å². The van der Waals surface area contributed by atoms with Gasteiger partial charge in [-0.1, -0.05) is 12.1 Å². The predicted molar refractivity (Wildman–Crippen MR) is 91.8 cm³/mol. The number of aromatic amines is 1. The van der Waals surface area contributed by atoms with Crippen LogP contribution in [-0.4, -0.2) is 26.6 Å². The Labute approximate surface area is 135 Å². The molecule has 1 N–H and O–H groups in total. The number of aryl methyl sites for hydroxylation is 3. The number of hydrogen-bond acceptors (Lipinski definition) is 3. The highest BCUT2D eigenvalue weighted by Crippen LogP contribution is 2.25. The minimum absolute atomic E-state index is 0.802. The van der Waals surface area contributed by atoms with Gasteiger partial charge < -0.3 is 14.3 Å². The van der Waals surface area contributed by atoms with Crippen molar-refractivity contribution >= 4 is 12.2 Å². The van der Waals surface area contributed by atoms with E-state index in [-0.39, 0.29) is 0 Å². The summed E-state index contributed by atoms with van der Waals surface area (Å²) in [5, 5.41) is 0. The zero-order chi connectivity index (χ0) is 16.4. The lowest BCUT2D eigenvalue weighted by Crippen LogP contribution is -1.95. The number of aromatic nitrogens is 4. The van der Waals surface area contributed by atoms with Crippen LogP contribution < -0.4 is 4.74 Å². The molecule has 0 saturated heterocycles. The lowest BCUT2D eigenvalue weighted by Gasteiger charge is -2.09. The quantitative estimate of drug-likeness (QED) is 0.799. The highest BCUT2D eigenvalue weighted by atomic mass is 16.5. The number of ether oxygens (including phenoxy) is 1. The molecule has 0 saturated carbocycles. The van der Waals surface area contributed by atoms with Crippen LogP contribution in [0.3, 0.4) is 0 Å². The van der Waals surface area contributed by atoms with Crippen LogP contribution in [0.2, 0.25) is 0 Å². The van der Waals surface area contributed by atoms with Gasteiger partial charge in [0, 0.05) is 11.9 Å². The average Bonchev–Trinajstić information content (AvgIpc) is 3.11. The largest absolute Gasteiger partial charge is 0.495 e. The van der Waals surface area contributed by atoms with E-state index < -0.39 is 0 Å². The molecule has 0 unspecified atom stereocenters. The summed E-state index contributed by atoms with van der Waals surface area (Å²) in [6, 6.07) is 6.08.